The largest absolute Gasteiger partial charge is 0.477 e. The first kappa shape index (κ1) is 13.0. The Balaban J connectivity index is 2.80. The van der Waals surface area contributed by atoms with Gasteiger partial charge in [-0.3, -0.25) is 0 Å². The smallest absolute Gasteiger partial charge is 0.347 e. The average Bonchev–Trinajstić information content (AvgIpc) is 2.60. The SMILES string of the molecule is CCC(C)CN(C)c1nc(C)c(C(=O)O)s1. The van der Waals surface area contributed by atoms with Gasteiger partial charge in [0.05, 0.1) is 5.69 Å². The van der Waals surface area contributed by atoms with Gasteiger partial charge < -0.3 is 10.0 Å². The van der Waals surface area contributed by atoms with Crippen LogP contribution < -0.4 is 4.90 Å². The molecule has 4 nitrogen and oxygen atoms in total. The van der Waals surface area contributed by atoms with Crippen molar-refractivity contribution in [2.24, 2.45) is 5.92 Å². The highest BCUT2D eigenvalue weighted by atomic mass is 32.1. The third-order valence-electron chi connectivity index (χ3n) is 2.59. The summed E-state index contributed by atoms with van der Waals surface area (Å²) >= 11 is 1.24. The third-order valence-corrected chi connectivity index (χ3v) is 3.85. The van der Waals surface area contributed by atoms with Gasteiger partial charge in [-0.2, -0.15) is 0 Å². The van der Waals surface area contributed by atoms with Crippen LogP contribution in [0.4, 0.5) is 5.13 Å². The fourth-order valence-electron chi connectivity index (χ4n) is 1.42. The van der Waals surface area contributed by atoms with E-state index in [1.807, 2.05) is 11.9 Å². The standard InChI is InChI=1S/C11H18N2O2S/c1-5-7(2)6-13(4)11-12-8(3)9(16-11)10(14)15/h7H,5-6H2,1-4H3,(H,14,15). The van der Waals surface area contributed by atoms with E-state index in [-0.39, 0.29) is 0 Å². The molecule has 0 aliphatic carbocycles. The third kappa shape index (κ3) is 2.95. The molecule has 0 aliphatic heterocycles. The lowest BCUT2D eigenvalue weighted by molar-refractivity contribution is 0.0701. The number of aromatic nitrogens is 1. The van der Waals surface area contributed by atoms with Crippen LogP contribution in [-0.4, -0.2) is 29.7 Å². The van der Waals surface area contributed by atoms with E-state index >= 15 is 0 Å². The molecule has 0 saturated heterocycles. The van der Waals surface area contributed by atoms with Crippen molar-refractivity contribution in [3.8, 4) is 0 Å². The normalized spacial score (nSPS) is 12.5. The van der Waals surface area contributed by atoms with E-state index in [0.717, 1.165) is 18.1 Å². The number of carbonyl (C=O) groups is 1. The molecule has 1 unspecified atom stereocenters. The number of thiazole rings is 1. The number of aromatic carboxylic acids is 1. The van der Waals surface area contributed by atoms with Crippen molar-refractivity contribution < 1.29 is 9.90 Å². The van der Waals surface area contributed by atoms with E-state index in [9.17, 15) is 4.79 Å². The molecule has 16 heavy (non-hydrogen) atoms. The van der Waals surface area contributed by atoms with Crippen molar-refractivity contribution >= 4 is 22.4 Å². The van der Waals surface area contributed by atoms with Gasteiger partial charge in [-0.1, -0.05) is 31.6 Å². The highest BCUT2D eigenvalue weighted by molar-refractivity contribution is 7.17. The van der Waals surface area contributed by atoms with E-state index in [2.05, 4.69) is 18.8 Å². The Kier molecular flexibility index (Phi) is 4.29. The summed E-state index contributed by atoms with van der Waals surface area (Å²) in [6.07, 6.45) is 1.11. The fourth-order valence-corrected chi connectivity index (χ4v) is 2.29. The molecule has 0 aromatic carbocycles. The maximum Gasteiger partial charge on any atom is 0.347 e. The minimum atomic E-state index is -0.891. The molecule has 0 fully saturated rings. The zero-order chi connectivity index (χ0) is 12.3. The summed E-state index contributed by atoms with van der Waals surface area (Å²) < 4.78 is 0. The Morgan fingerprint density at radius 3 is 2.69 bits per heavy atom. The van der Waals surface area contributed by atoms with Crippen LogP contribution in [-0.2, 0) is 0 Å². The van der Waals surface area contributed by atoms with Gasteiger partial charge in [0.1, 0.15) is 4.88 Å². The minimum absolute atomic E-state index is 0.339. The number of hydrogen-bond acceptors (Lipinski definition) is 4. The van der Waals surface area contributed by atoms with E-state index in [4.69, 9.17) is 5.11 Å². The molecule has 0 saturated carbocycles. The predicted octanol–water partition coefficient (Wildman–Crippen LogP) is 2.63. The second kappa shape index (κ2) is 5.30. The van der Waals surface area contributed by atoms with E-state index < -0.39 is 5.97 Å². The summed E-state index contributed by atoms with van der Waals surface area (Å²) in [6.45, 7) is 6.96. The topological polar surface area (TPSA) is 53.4 Å². The fraction of sp³-hybridized carbons (Fsp3) is 0.636. The molecule has 0 bridgehead atoms. The van der Waals surface area contributed by atoms with E-state index in [0.29, 0.717) is 16.5 Å². The first-order chi connectivity index (χ1) is 7.45. The molecule has 1 rings (SSSR count). The first-order valence-corrected chi connectivity index (χ1v) is 6.19. The number of anilines is 1. The number of carboxylic acid groups (broad SMARTS) is 1. The summed E-state index contributed by atoms with van der Waals surface area (Å²) in [5.74, 6) is -0.305. The van der Waals surface area contributed by atoms with Crippen LogP contribution in [0, 0.1) is 12.8 Å². The Morgan fingerprint density at radius 1 is 1.62 bits per heavy atom. The van der Waals surface area contributed by atoms with Crippen LogP contribution >= 0.6 is 11.3 Å². The van der Waals surface area contributed by atoms with Crippen molar-refractivity contribution in [2.45, 2.75) is 27.2 Å². The summed E-state index contributed by atoms with van der Waals surface area (Å²) in [7, 11) is 1.95. The number of rotatable bonds is 5. The Morgan fingerprint density at radius 2 is 2.25 bits per heavy atom. The van der Waals surface area contributed by atoms with Gasteiger partial charge in [-0.15, -0.1) is 0 Å². The van der Waals surface area contributed by atoms with Crippen LogP contribution in [0.15, 0.2) is 0 Å². The highest BCUT2D eigenvalue weighted by Gasteiger charge is 2.16. The monoisotopic (exact) mass is 242 g/mol. The second-order valence-corrected chi connectivity index (χ2v) is 5.09. The summed E-state index contributed by atoms with van der Waals surface area (Å²) in [6, 6.07) is 0. The molecule has 1 atom stereocenters. The highest BCUT2D eigenvalue weighted by Crippen LogP contribution is 2.25. The summed E-state index contributed by atoms with van der Waals surface area (Å²) in [5.41, 5.74) is 0.600. The first-order valence-electron chi connectivity index (χ1n) is 5.37. The molecule has 0 spiro atoms. The maximum atomic E-state index is 10.9. The van der Waals surface area contributed by atoms with Crippen molar-refractivity contribution in [3.05, 3.63) is 10.6 Å². The molecule has 1 aromatic heterocycles. The van der Waals surface area contributed by atoms with Crippen LogP contribution in [0.2, 0.25) is 0 Å². The van der Waals surface area contributed by atoms with Gasteiger partial charge >= 0.3 is 5.97 Å². The van der Waals surface area contributed by atoms with E-state index in [1.54, 1.807) is 6.92 Å². The Bertz CT molecular complexity index is 376. The molecule has 0 aliphatic rings. The zero-order valence-corrected chi connectivity index (χ0v) is 11.0. The number of aryl methyl sites for hydroxylation is 1. The van der Waals surface area contributed by atoms with Crippen LogP contribution in [0.3, 0.4) is 0 Å². The van der Waals surface area contributed by atoms with Gasteiger partial charge in [0.15, 0.2) is 5.13 Å². The van der Waals surface area contributed by atoms with Crippen molar-refractivity contribution in [1.29, 1.82) is 0 Å². The second-order valence-electron chi connectivity index (χ2n) is 4.11. The maximum absolute atomic E-state index is 10.9. The number of hydrogen-bond donors (Lipinski definition) is 1. The van der Waals surface area contributed by atoms with Crippen molar-refractivity contribution in [2.75, 3.05) is 18.5 Å². The summed E-state index contributed by atoms with van der Waals surface area (Å²) in [5, 5.41) is 9.73. The molecule has 1 heterocycles. The molecule has 90 valence electrons. The lowest BCUT2D eigenvalue weighted by Gasteiger charge is -2.19. The Hall–Kier alpha value is -1.10. The molecule has 1 N–H and O–H groups in total. The predicted molar refractivity (Wildman–Crippen MR) is 66.5 cm³/mol. The van der Waals surface area contributed by atoms with Gasteiger partial charge in [-0.05, 0) is 12.8 Å². The molecule has 0 amide bonds. The van der Waals surface area contributed by atoms with Crippen molar-refractivity contribution in [1.82, 2.24) is 4.98 Å². The van der Waals surface area contributed by atoms with Crippen molar-refractivity contribution in [3.63, 3.8) is 0 Å². The van der Waals surface area contributed by atoms with Gasteiger partial charge in [0, 0.05) is 13.6 Å². The van der Waals surface area contributed by atoms with E-state index in [1.165, 1.54) is 11.3 Å². The molecule has 0 radical (unpaired) electrons. The van der Waals surface area contributed by atoms with Gasteiger partial charge in [-0.25, -0.2) is 9.78 Å². The number of nitrogens with zero attached hydrogens (tertiary/aromatic N) is 2. The number of carboxylic acids is 1. The van der Waals surface area contributed by atoms with Gasteiger partial charge in [0.25, 0.3) is 0 Å². The lowest BCUT2D eigenvalue weighted by Crippen LogP contribution is -2.23. The summed E-state index contributed by atoms with van der Waals surface area (Å²) in [4.78, 5) is 17.5. The average molecular weight is 242 g/mol. The zero-order valence-electron chi connectivity index (χ0n) is 10.1. The molecular formula is C11H18N2O2S. The Labute approximate surface area is 99.9 Å². The quantitative estimate of drug-likeness (QED) is 0.862. The minimum Gasteiger partial charge on any atom is -0.477 e. The van der Waals surface area contributed by atoms with Crippen LogP contribution in [0.25, 0.3) is 0 Å². The molecule has 5 heteroatoms. The van der Waals surface area contributed by atoms with Crippen LogP contribution in [0.1, 0.15) is 35.6 Å². The molecular weight excluding hydrogens is 224 g/mol. The van der Waals surface area contributed by atoms with Gasteiger partial charge in [0.2, 0.25) is 0 Å². The van der Waals surface area contributed by atoms with Crippen LogP contribution in [0.5, 0.6) is 0 Å². The molecule has 1 aromatic rings. The lowest BCUT2D eigenvalue weighted by atomic mass is 10.1.